The largest absolute Gasteiger partial charge is 0.293 e. The number of rotatable bonds is 2. The highest BCUT2D eigenvalue weighted by molar-refractivity contribution is 9.10. The molecule has 2 heteroatoms. The Balaban J connectivity index is 2.96. The third kappa shape index (κ3) is 3.16. The van der Waals surface area contributed by atoms with E-state index in [1.807, 2.05) is 31.2 Å². The lowest BCUT2D eigenvalue weighted by molar-refractivity contribution is 0.0996. The number of halogens is 1. The van der Waals surface area contributed by atoms with Crippen molar-refractivity contribution in [2.45, 2.75) is 37.9 Å². The first-order chi connectivity index (χ1) is 6.82. The van der Waals surface area contributed by atoms with Gasteiger partial charge in [-0.05, 0) is 17.9 Å². The lowest BCUT2D eigenvalue weighted by Gasteiger charge is -2.19. The Bertz CT molecular complexity index is 344. The second-order valence-electron chi connectivity index (χ2n) is 4.81. The first-order valence-electron chi connectivity index (χ1n) is 5.11. The van der Waals surface area contributed by atoms with Crippen molar-refractivity contribution in [2.75, 3.05) is 0 Å². The van der Waals surface area contributed by atoms with Gasteiger partial charge in [0.2, 0.25) is 0 Å². The molecule has 15 heavy (non-hydrogen) atoms. The van der Waals surface area contributed by atoms with Crippen LogP contribution in [0.1, 0.15) is 43.6 Å². The van der Waals surface area contributed by atoms with Crippen molar-refractivity contribution in [3.8, 4) is 0 Å². The van der Waals surface area contributed by atoms with Gasteiger partial charge in [0.15, 0.2) is 5.78 Å². The van der Waals surface area contributed by atoms with E-state index in [9.17, 15) is 4.79 Å². The van der Waals surface area contributed by atoms with Crippen LogP contribution >= 0.6 is 15.9 Å². The summed E-state index contributed by atoms with van der Waals surface area (Å²) < 4.78 is 0. The minimum atomic E-state index is -0.113. The molecule has 1 aromatic rings. The van der Waals surface area contributed by atoms with Gasteiger partial charge >= 0.3 is 0 Å². The van der Waals surface area contributed by atoms with Gasteiger partial charge in [-0.1, -0.05) is 61.0 Å². The maximum absolute atomic E-state index is 11.7. The Hall–Kier alpha value is -0.630. The van der Waals surface area contributed by atoms with E-state index < -0.39 is 0 Å². The monoisotopic (exact) mass is 268 g/mol. The fourth-order valence-corrected chi connectivity index (χ4v) is 1.63. The first-order valence-corrected chi connectivity index (χ1v) is 6.03. The van der Waals surface area contributed by atoms with Crippen LogP contribution in [0.5, 0.6) is 0 Å². The average Bonchev–Trinajstić information content (AvgIpc) is 2.15. The number of hydrogen-bond acceptors (Lipinski definition) is 1. The number of alkyl halides is 1. The molecule has 1 atom stereocenters. The fraction of sp³-hybridized carbons (Fsp3) is 0.462. The van der Waals surface area contributed by atoms with Crippen LogP contribution < -0.4 is 0 Å². The molecule has 1 nitrogen and oxygen atoms in total. The van der Waals surface area contributed by atoms with E-state index in [-0.39, 0.29) is 16.0 Å². The van der Waals surface area contributed by atoms with Crippen molar-refractivity contribution < 1.29 is 4.79 Å². The summed E-state index contributed by atoms with van der Waals surface area (Å²) in [6.45, 7) is 8.34. The lowest BCUT2D eigenvalue weighted by atomic mass is 9.86. The molecule has 0 bridgehead atoms. The summed E-state index contributed by atoms with van der Waals surface area (Å²) in [7, 11) is 0. The number of carbonyl (C=O) groups excluding carboxylic acids is 1. The highest BCUT2D eigenvalue weighted by Crippen LogP contribution is 2.22. The molecule has 0 amide bonds. The Morgan fingerprint density at radius 2 is 1.67 bits per heavy atom. The summed E-state index contributed by atoms with van der Waals surface area (Å²) in [4.78, 5) is 11.5. The van der Waals surface area contributed by atoms with Gasteiger partial charge in [0, 0.05) is 5.56 Å². The van der Waals surface area contributed by atoms with Crippen LogP contribution in [-0.2, 0) is 5.41 Å². The number of carbonyl (C=O) groups is 1. The standard InChI is InChI=1S/C13H17BrO/c1-9(14)12(15)10-5-7-11(8-6-10)13(2,3)4/h5-9H,1-4H3/t9-/m1/s1. The highest BCUT2D eigenvalue weighted by Gasteiger charge is 2.15. The Labute approximate surface area is 100 Å². The van der Waals surface area contributed by atoms with Crippen molar-refractivity contribution in [3.63, 3.8) is 0 Å². The summed E-state index contributed by atoms with van der Waals surface area (Å²) in [6, 6.07) is 7.87. The molecule has 1 aromatic carbocycles. The predicted octanol–water partition coefficient (Wildman–Crippen LogP) is 3.95. The molecule has 0 aliphatic carbocycles. The van der Waals surface area contributed by atoms with Gasteiger partial charge in [0.05, 0.1) is 4.83 Å². The normalized spacial score (nSPS) is 13.7. The molecule has 0 aromatic heterocycles. The Kier molecular flexibility index (Phi) is 3.72. The quantitative estimate of drug-likeness (QED) is 0.587. The summed E-state index contributed by atoms with van der Waals surface area (Å²) in [5.74, 6) is 0.135. The summed E-state index contributed by atoms with van der Waals surface area (Å²) >= 11 is 3.28. The molecule has 0 radical (unpaired) electrons. The third-order valence-corrected chi connectivity index (χ3v) is 2.81. The topological polar surface area (TPSA) is 17.1 Å². The predicted molar refractivity (Wildman–Crippen MR) is 67.9 cm³/mol. The molecule has 1 rings (SSSR count). The van der Waals surface area contributed by atoms with E-state index in [2.05, 4.69) is 36.7 Å². The van der Waals surface area contributed by atoms with E-state index >= 15 is 0 Å². The van der Waals surface area contributed by atoms with E-state index in [4.69, 9.17) is 0 Å². The maximum atomic E-state index is 11.7. The molecule has 0 unspecified atom stereocenters. The molecule has 0 spiro atoms. The van der Waals surface area contributed by atoms with Crippen LogP contribution in [0.15, 0.2) is 24.3 Å². The molecule has 0 saturated carbocycles. The Morgan fingerprint density at radius 3 is 2.00 bits per heavy atom. The third-order valence-electron chi connectivity index (χ3n) is 2.40. The summed E-state index contributed by atoms with van der Waals surface area (Å²) in [5.41, 5.74) is 2.16. The molecule has 0 aliphatic rings. The highest BCUT2D eigenvalue weighted by atomic mass is 79.9. The number of benzene rings is 1. The molecular weight excluding hydrogens is 252 g/mol. The number of hydrogen-bond donors (Lipinski definition) is 0. The molecule has 0 saturated heterocycles. The first kappa shape index (κ1) is 12.4. The molecule has 82 valence electrons. The van der Waals surface area contributed by atoms with Gasteiger partial charge in [-0.15, -0.1) is 0 Å². The van der Waals surface area contributed by atoms with Crippen molar-refractivity contribution in [1.29, 1.82) is 0 Å². The van der Waals surface area contributed by atoms with Crippen molar-refractivity contribution in [1.82, 2.24) is 0 Å². The van der Waals surface area contributed by atoms with E-state index in [1.165, 1.54) is 5.56 Å². The maximum Gasteiger partial charge on any atom is 0.176 e. The van der Waals surface area contributed by atoms with E-state index in [1.54, 1.807) is 0 Å². The zero-order chi connectivity index (χ0) is 11.6. The molecule has 0 heterocycles. The molecule has 0 N–H and O–H groups in total. The van der Waals surface area contributed by atoms with Gasteiger partial charge in [0.1, 0.15) is 0 Å². The fourth-order valence-electron chi connectivity index (χ4n) is 1.36. The van der Waals surface area contributed by atoms with Crippen LogP contribution in [0.25, 0.3) is 0 Å². The summed E-state index contributed by atoms with van der Waals surface area (Å²) in [6.07, 6.45) is 0. The zero-order valence-electron chi connectivity index (χ0n) is 9.67. The van der Waals surface area contributed by atoms with Crippen LogP contribution in [0.4, 0.5) is 0 Å². The minimum absolute atomic E-state index is 0.113. The van der Waals surface area contributed by atoms with E-state index in [0.29, 0.717) is 0 Å². The summed E-state index contributed by atoms with van der Waals surface area (Å²) in [5, 5.41) is 0. The smallest absolute Gasteiger partial charge is 0.176 e. The second-order valence-corrected chi connectivity index (χ2v) is 6.18. The zero-order valence-corrected chi connectivity index (χ0v) is 11.3. The molecule has 0 aliphatic heterocycles. The van der Waals surface area contributed by atoms with Gasteiger partial charge < -0.3 is 0 Å². The van der Waals surface area contributed by atoms with Gasteiger partial charge in [-0.3, -0.25) is 4.79 Å². The minimum Gasteiger partial charge on any atom is -0.293 e. The number of ketones is 1. The average molecular weight is 269 g/mol. The van der Waals surface area contributed by atoms with Gasteiger partial charge in [-0.2, -0.15) is 0 Å². The van der Waals surface area contributed by atoms with Gasteiger partial charge in [0.25, 0.3) is 0 Å². The van der Waals surface area contributed by atoms with Crippen LogP contribution in [0.2, 0.25) is 0 Å². The van der Waals surface area contributed by atoms with Crippen LogP contribution in [-0.4, -0.2) is 10.6 Å². The Morgan fingerprint density at radius 1 is 1.20 bits per heavy atom. The lowest BCUT2D eigenvalue weighted by Crippen LogP contribution is -2.13. The van der Waals surface area contributed by atoms with Crippen molar-refractivity contribution in [2.24, 2.45) is 0 Å². The van der Waals surface area contributed by atoms with Gasteiger partial charge in [-0.25, -0.2) is 0 Å². The SMILES string of the molecule is C[C@@H](Br)C(=O)c1ccc(C(C)(C)C)cc1. The van der Waals surface area contributed by atoms with Crippen LogP contribution in [0.3, 0.4) is 0 Å². The molecule has 0 fully saturated rings. The van der Waals surface area contributed by atoms with Crippen LogP contribution in [0, 0.1) is 0 Å². The van der Waals surface area contributed by atoms with E-state index in [0.717, 1.165) is 5.56 Å². The van der Waals surface area contributed by atoms with Crippen molar-refractivity contribution in [3.05, 3.63) is 35.4 Å². The molecular formula is C13H17BrO. The second kappa shape index (κ2) is 4.48. The number of Topliss-reactive ketones (excluding diaryl/α,β-unsaturated/α-hetero) is 1. The van der Waals surface area contributed by atoms with Crippen molar-refractivity contribution >= 4 is 21.7 Å².